The number of nitrogens with one attached hydrogen (secondary N) is 1. The minimum atomic E-state index is -0.282. The number of hydrogen-bond acceptors (Lipinski definition) is 6. The van der Waals surface area contributed by atoms with E-state index < -0.39 is 0 Å². The Hall–Kier alpha value is -2.28. The molecule has 0 saturated heterocycles. The smallest absolute Gasteiger partial charge is 0.337 e. The maximum atomic E-state index is 12.4. The molecule has 7 heteroatoms. The van der Waals surface area contributed by atoms with Crippen LogP contribution in [-0.4, -0.2) is 27.3 Å². The predicted octanol–water partition coefficient (Wildman–Crippen LogP) is 4.17. The van der Waals surface area contributed by atoms with Gasteiger partial charge in [-0.2, -0.15) is 4.98 Å². The lowest BCUT2D eigenvalue weighted by atomic mass is 9.99. The fourth-order valence-corrected chi connectivity index (χ4v) is 3.82. The van der Waals surface area contributed by atoms with Crippen molar-refractivity contribution < 1.29 is 9.53 Å². The highest BCUT2D eigenvalue weighted by atomic mass is 32.2. The van der Waals surface area contributed by atoms with Gasteiger partial charge >= 0.3 is 5.97 Å². The molecule has 1 aromatic heterocycles. The quantitative estimate of drug-likeness (QED) is 0.581. The molecule has 1 N–H and O–H groups in total. The van der Waals surface area contributed by atoms with Crippen LogP contribution in [0.5, 0.6) is 0 Å². The maximum absolute atomic E-state index is 12.4. The van der Waals surface area contributed by atoms with Crippen molar-refractivity contribution in [3.63, 3.8) is 0 Å². The molecule has 1 unspecified atom stereocenters. The number of ether oxygens (including phenoxy) is 1. The summed E-state index contributed by atoms with van der Waals surface area (Å²) in [6.07, 6.45) is 1.75. The van der Waals surface area contributed by atoms with E-state index in [0.717, 1.165) is 24.3 Å². The number of hydrogen-bond donors (Lipinski definition) is 1. The minimum Gasteiger partial charge on any atom is -0.463 e. The minimum absolute atomic E-state index is 0.145. The molecule has 3 rings (SSSR count). The maximum Gasteiger partial charge on any atom is 0.337 e. The molecule has 0 amide bonds. The average Bonchev–Trinajstić information content (AvgIpc) is 3.04. The monoisotopic (exact) mass is 372 g/mol. The Morgan fingerprint density at radius 3 is 2.77 bits per heavy atom. The molecule has 0 bridgehead atoms. The Bertz CT molecular complexity index is 801. The highest BCUT2D eigenvalue weighted by Crippen LogP contribution is 2.35. The van der Waals surface area contributed by atoms with Gasteiger partial charge in [0.1, 0.15) is 0 Å². The van der Waals surface area contributed by atoms with E-state index in [-0.39, 0.29) is 12.0 Å². The molecule has 0 fully saturated rings. The summed E-state index contributed by atoms with van der Waals surface area (Å²) in [7, 11) is 0. The zero-order valence-electron chi connectivity index (χ0n) is 15.4. The van der Waals surface area contributed by atoms with Gasteiger partial charge in [-0.15, -0.1) is 5.10 Å². The second-order valence-electron chi connectivity index (χ2n) is 6.13. The van der Waals surface area contributed by atoms with Crippen molar-refractivity contribution in [3.8, 4) is 0 Å². The lowest BCUT2D eigenvalue weighted by molar-refractivity contribution is -0.139. The summed E-state index contributed by atoms with van der Waals surface area (Å²) in [6, 6.07) is 10.1. The first-order valence-corrected chi connectivity index (χ1v) is 9.90. The number of nitrogens with zero attached hydrogens (tertiary/aromatic N) is 3. The fraction of sp³-hybridized carbons (Fsp3) is 0.421. The first-order valence-electron chi connectivity index (χ1n) is 8.92. The number of esters is 1. The zero-order valence-corrected chi connectivity index (χ0v) is 16.2. The molecular weight excluding hydrogens is 348 g/mol. The van der Waals surface area contributed by atoms with Crippen molar-refractivity contribution in [2.24, 2.45) is 0 Å². The third kappa shape index (κ3) is 3.93. The van der Waals surface area contributed by atoms with E-state index in [0.29, 0.717) is 23.3 Å². The number of benzene rings is 1. The zero-order chi connectivity index (χ0) is 18.5. The van der Waals surface area contributed by atoms with E-state index in [2.05, 4.69) is 34.5 Å². The Morgan fingerprint density at radius 2 is 2.08 bits per heavy atom. The molecule has 0 spiro atoms. The summed E-state index contributed by atoms with van der Waals surface area (Å²) in [5.41, 5.74) is 2.66. The van der Waals surface area contributed by atoms with Crippen molar-refractivity contribution in [1.82, 2.24) is 14.8 Å². The van der Waals surface area contributed by atoms with Crippen molar-refractivity contribution in [2.45, 2.75) is 50.6 Å². The molecule has 2 aromatic rings. The van der Waals surface area contributed by atoms with Crippen molar-refractivity contribution in [1.29, 1.82) is 0 Å². The van der Waals surface area contributed by atoms with Crippen LogP contribution in [0, 0.1) is 0 Å². The number of carbonyl (C=O) groups excluding carboxylic acids is 1. The van der Waals surface area contributed by atoms with Crippen LogP contribution in [0.3, 0.4) is 0 Å². The van der Waals surface area contributed by atoms with E-state index in [1.54, 1.807) is 11.8 Å². The molecule has 138 valence electrons. The summed E-state index contributed by atoms with van der Waals surface area (Å²) in [5.74, 6) is 1.21. The molecule has 0 aliphatic carbocycles. The van der Waals surface area contributed by atoms with Crippen LogP contribution in [0.15, 0.2) is 46.8 Å². The SMILES string of the molecule is CCCC1C(C(=O)OCC)=C(C)Nc2nc(SCc3ccccc3)nn21. The van der Waals surface area contributed by atoms with E-state index in [4.69, 9.17) is 4.74 Å². The van der Waals surface area contributed by atoms with Crippen LogP contribution in [0.4, 0.5) is 5.95 Å². The molecule has 6 nitrogen and oxygen atoms in total. The lowest BCUT2D eigenvalue weighted by Crippen LogP contribution is -2.28. The normalized spacial score (nSPS) is 16.2. The van der Waals surface area contributed by atoms with Gasteiger partial charge in [-0.3, -0.25) is 0 Å². The van der Waals surface area contributed by atoms with Gasteiger partial charge in [0.15, 0.2) is 0 Å². The number of rotatable bonds is 7. The van der Waals surface area contributed by atoms with Gasteiger partial charge in [-0.1, -0.05) is 55.4 Å². The number of anilines is 1. The molecule has 0 saturated carbocycles. The summed E-state index contributed by atoms with van der Waals surface area (Å²) in [6.45, 7) is 6.17. The van der Waals surface area contributed by atoms with E-state index in [1.807, 2.05) is 36.7 Å². The van der Waals surface area contributed by atoms with Gasteiger partial charge in [0, 0.05) is 11.4 Å². The molecule has 1 atom stereocenters. The molecule has 26 heavy (non-hydrogen) atoms. The van der Waals surface area contributed by atoms with Crippen LogP contribution < -0.4 is 5.32 Å². The standard InChI is InChI=1S/C19H24N4O2S/c1-4-9-15-16(17(24)25-5-2)13(3)20-18-21-19(22-23(15)18)26-12-14-10-7-6-8-11-14/h6-8,10-11,15H,4-5,9,12H2,1-3H3,(H,20,21,22). The van der Waals surface area contributed by atoms with Gasteiger partial charge in [0.05, 0.1) is 18.2 Å². The van der Waals surface area contributed by atoms with E-state index in [1.165, 1.54) is 5.56 Å². The highest BCUT2D eigenvalue weighted by molar-refractivity contribution is 7.98. The molecule has 2 heterocycles. The second kappa shape index (κ2) is 8.40. The second-order valence-corrected chi connectivity index (χ2v) is 7.07. The van der Waals surface area contributed by atoms with Gasteiger partial charge < -0.3 is 10.1 Å². The number of fused-ring (bicyclic) bond motifs is 1. The van der Waals surface area contributed by atoms with E-state index in [9.17, 15) is 4.79 Å². The van der Waals surface area contributed by atoms with Crippen molar-refractivity contribution in [2.75, 3.05) is 11.9 Å². The highest BCUT2D eigenvalue weighted by Gasteiger charge is 2.33. The third-order valence-corrected chi connectivity index (χ3v) is 5.12. The van der Waals surface area contributed by atoms with Crippen molar-refractivity contribution in [3.05, 3.63) is 47.2 Å². The average molecular weight is 372 g/mol. The molecule has 0 radical (unpaired) electrons. The Labute approximate surface area is 158 Å². The lowest BCUT2D eigenvalue weighted by Gasteiger charge is -2.27. The van der Waals surface area contributed by atoms with Crippen LogP contribution in [0.1, 0.15) is 45.2 Å². The van der Waals surface area contributed by atoms with Crippen molar-refractivity contribution >= 4 is 23.7 Å². The number of aromatic nitrogens is 3. The first kappa shape index (κ1) is 18.5. The number of carbonyl (C=O) groups is 1. The molecule has 1 aromatic carbocycles. The largest absolute Gasteiger partial charge is 0.463 e. The van der Waals surface area contributed by atoms with Gasteiger partial charge in [0.2, 0.25) is 11.1 Å². The Morgan fingerprint density at radius 1 is 1.31 bits per heavy atom. The molecule has 1 aliphatic heterocycles. The van der Waals surface area contributed by atoms with Crippen LogP contribution in [0.2, 0.25) is 0 Å². The topological polar surface area (TPSA) is 69.0 Å². The predicted molar refractivity (Wildman–Crippen MR) is 103 cm³/mol. The first-order chi connectivity index (χ1) is 12.6. The summed E-state index contributed by atoms with van der Waals surface area (Å²) < 4.78 is 7.08. The number of thioether (sulfide) groups is 1. The summed E-state index contributed by atoms with van der Waals surface area (Å²) >= 11 is 1.59. The summed E-state index contributed by atoms with van der Waals surface area (Å²) in [4.78, 5) is 17.0. The fourth-order valence-electron chi connectivity index (χ4n) is 3.03. The molecule has 1 aliphatic rings. The molecular formula is C19H24N4O2S. The van der Waals surface area contributed by atoms with Gasteiger partial charge in [-0.25, -0.2) is 9.48 Å². The van der Waals surface area contributed by atoms with E-state index >= 15 is 0 Å². The third-order valence-electron chi connectivity index (χ3n) is 4.21. The van der Waals surface area contributed by atoms with Gasteiger partial charge in [-0.05, 0) is 25.8 Å². The Kier molecular flexibility index (Phi) is 5.98. The Balaban J connectivity index is 1.82. The van der Waals surface area contributed by atoms with Crippen LogP contribution in [-0.2, 0) is 15.3 Å². The van der Waals surface area contributed by atoms with Gasteiger partial charge in [0.25, 0.3) is 0 Å². The summed E-state index contributed by atoms with van der Waals surface area (Å²) in [5, 5.41) is 8.57. The van der Waals surface area contributed by atoms with Crippen LogP contribution in [0.25, 0.3) is 0 Å². The van der Waals surface area contributed by atoms with Crippen LogP contribution >= 0.6 is 11.8 Å². The number of allylic oxidation sites excluding steroid dienone is 1.